The molecule has 4 amide bonds. The molecule has 0 bridgehead atoms. The van der Waals surface area contributed by atoms with Crippen molar-refractivity contribution in [3.8, 4) is 22.5 Å². The lowest BCUT2D eigenvalue weighted by molar-refractivity contribution is -0.438. The number of nitrogens with two attached hydrogens (primary N) is 1. The summed E-state index contributed by atoms with van der Waals surface area (Å²) in [5.74, 6) is -2.49. The van der Waals surface area contributed by atoms with Crippen molar-refractivity contribution in [1.82, 2.24) is 30.9 Å². The highest BCUT2D eigenvalue weighted by atomic mass is 32.2. The van der Waals surface area contributed by atoms with E-state index in [-0.39, 0.29) is 78.6 Å². The van der Waals surface area contributed by atoms with Gasteiger partial charge in [0.2, 0.25) is 29.3 Å². The maximum Gasteiger partial charge on any atom is 0.303 e. The zero-order chi connectivity index (χ0) is 72.0. The summed E-state index contributed by atoms with van der Waals surface area (Å²) in [7, 11) is -8.95. The van der Waals surface area contributed by atoms with Crippen LogP contribution in [0.1, 0.15) is 128 Å². The lowest BCUT2D eigenvalue weighted by Gasteiger charge is -2.29. The molecule has 1 unspecified atom stereocenters. The summed E-state index contributed by atoms with van der Waals surface area (Å²) >= 11 is 0. The van der Waals surface area contributed by atoms with Gasteiger partial charge in [-0.05, 0) is 93.8 Å². The molecule has 0 spiro atoms. The Balaban J connectivity index is 0.758. The standard InChI is InChI=1S/C73H96N10O15S2/c1-52(22-18-19-37-76-71(89)59(74)33-35-67(86)87)70(88)77-39-43-96-45-47-98-48-46-97-44-42-83-69-56-25-14-16-27-60(56)82(51-53-23-12-13-24-55(53)68(69)78-79-83)66(85)36-38-75-65(84)31-11-6-7-20-40-80-61-28-17-15-26-57(61)72(2,3)63(80)29-9-8-10-30-64-73(4,5)58-50-54(100(93,94)95)32-34-62(58)81(64)41-21-49-99(90,91)92/h8-10,12-17,23-30,32,34,50,52,59H,6-7,11,18-22,31,33,35-49,51,74H2,1-5H3,(H5-,75,76,77,84,86,87,88,89,90,91,92,93,94,95)/t52?,59-/m1/s1. The van der Waals surface area contributed by atoms with E-state index in [9.17, 15) is 49.9 Å². The van der Waals surface area contributed by atoms with Crippen LogP contribution in [0.25, 0.3) is 22.5 Å². The Morgan fingerprint density at radius 3 is 2.13 bits per heavy atom. The second-order valence-electron chi connectivity index (χ2n) is 26.3. The predicted molar refractivity (Wildman–Crippen MR) is 381 cm³/mol. The average molecular weight is 1420 g/mol. The molecule has 540 valence electrons. The van der Waals surface area contributed by atoms with Crippen LogP contribution in [0.15, 0.2) is 132 Å². The third-order valence-corrected chi connectivity index (χ3v) is 19.9. The number of carbonyl (C=O) groups excluding carboxylic acids is 4. The number of para-hydroxylation sites is 2. The van der Waals surface area contributed by atoms with Crippen LogP contribution in [0.2, 0.25) is 0 Å². The van der Waals surface area contributed by atoms with E-state index in [1.165, 1.54) is 17.7 Å². The van der Waals surface area contributed by atoms with Gasteiger partial charge < -0.3 is 55.4 Å². The molecule has 27 heteroatoms. The highest BCUT2D eigenvalue weighted by Gasteiger charge is 2.44. The number of unbranched alkanes of at least 4 members (excludes halogenated alkanes) is 4. The summed E-state index contributed by atoms with van der Waals surface area (Å²) in [4.78, 5) is 66.3. The maximum absolute atomic E-state index is 14.4. The molecular formula is C73H96N10O15S2. The monoisotopic (exact) mass is 1420 g/mol. The molecule has 2 atom stereocenters. The van der Waals surface area contributed by atoms with Crippen LogP contribution >= 0.6 is 0 Å². The molecule has 5 aromatic rings. The van der Waals surface area contributed by atoms with E-state index in [4.69, 9.17) is 25.1 Å². The summed E-state index contributed by atoms with van der Waals surface area (Å²) in [5.41, 5.74) is 14.9. The number of amides is 4. The van der Waals surface area contributed by atoms with Gasteiger partial charge in [-0.3, -0.25) is 28.5 Å². The average Bonchev–Trinajstić information content (AvgIpc) is 1.59. The van der Waals surface area contributed by atoms with E-state index >= 15 is 0 Å². The molecule has 0 radical (unpaired) electrons. The highest BCUT2D eigenvalue weighted by molar-refractivity contribution is 7.86. The first-order valence-electron chi connectivity index (χ1n) is 34.3. The molecule has 0 aliphatic carbocycles. The largest absolute Gasteiger partial charge is 0.748 e. The summed E-state index contributed by atoms with van der Waals surface area (Å²) in [5, 5.41) is 26.6. The number of nitrogens with zero attached hydrogens (tertiary/aromatic N) is 6. The minimum absolute atomic E-state index is 0.0578. The third-order valence-electron chi connectivity index (χ3n) is 18.3. The van der Waals surface area contributed by atoms with Gasteiger partial charge in [-0.25, -0.2) is 13.1 Å². The number of benzene rings is 4. The van der Waals surface area contributed by atoms with Crippen molar-refractivity contribution in [1.29, 1.82) is 0 Å². The summed E-state index contributed by atoms with van der Waals surface area (Å²) in [6, 6.07) is 27.4. The number of carboxylic acid groups (broad SMARTS) is 1. The Morgan fingerprint density at radius 2 is 1.38 bits per heavy atom. The van der Waals surface area contributed by atoms with Crippen LogP contribution in [-0.2, 0) is 82.3 Å². The Labute approximate surface area is 586 Å². The quantitative estimate of drug-likeness (QED) is 0.00930. The summed E-state index contributed by atoms with van der Waals surface area (Å²) < 4.78 is 90.2. The van der Waals surface area contributed by atoms with E-state index in [0.717, 1.165) is 71.7 Å². The molecular weight excluding hydrogens is 1320 g/mol. The van der Waals surface area contributed by atoms with Gasteiger partial charge >= 0.3 is 5.97 Å². The van der Waals surface area contributed by atoms with E-state index < -0.39 is 43.4 Å². The molecule has 25 nitrogen and oxygen atoms in total. The second kappa shape index (κ2) is 36.4. The van der Waals surface area contributed by atoms with Gasteiger partial charge in [-0.1, -0.05) is 118 Å². The van der Waals surface area contributed by atoms with Crippen LogP contribution < -0.4 is 31.5 Å². The number of aromatic nitrogens is 3. The minimum atomic E-state index is -4.49. The van der Waals surface area contributed by atoms with Crippen molar-refractivity contribution in [3.05, 3.63) is 144 Å². The normalized spacial score (nSPS) is 15.6. The van der Waals surface area contributed by atoms with E-state index in [0.29, 0.717) is 114 Å². The number of carbonyl (C=O) groups is 5. The maximum atomic E-state index is 14.4. The van der Waals surface area contributed by atoms with Gasteiger partial charge in [0.1, 0.15) is 12.2 Å². The SMILES string of the molecule is CC(CCCCNC(=O)[C@H](N)CCC(=O)O)C(=O)NCCOCCOCCOCCn1nnc2c1-c1ccccc1N(C(=O)CCNC(=O)CCCCCC[N+]1=C(/C=C/C=C/C=C3\N(CCCS(=O)(=O)[O-])c4ccc(S(=O)(=O)O)cc4C3(C)C)C(C)(C)c3ccccc31)Cc1ccccc1-2. The molecule has 4 heterocycles. The summed E-state index contributed by atoms with van der Waals surface area (Å²) in [6.07, 6.45) is 15.5. The topological polar surface area (TPSA) is 347 Å². The smallest absolute Gasteiger partial charge is 0.303 e. The number of anilines is 2. The predicted octanol–water partition coefficient (Wildman–Crippen LogP) is 8.25. The number of fused-ring (bicyclic) bond motifs is 7. The number of hydrogen-bond acceptors (Lipinski definition) is 17. The van der Waals surface area contributed by atoms with Crippen molar-refractivity contribution in [2.45, 2.75) is 147 Å². The zero-order valence-corrected chi connectivity index (χ0v) is 59.5. The minimum Gasteiger partial charge on any atom is -0.748 e. The zero-order valence-electron chi connectivity index (χ0n) is 57.9. The fraction of sp³-hybridized carbons (Fsp3) is 0.479. The van der Waals surface area contributed by atoms with Gasteiger partial charge in [0.05, 0.1) is 90.6 Å². The van der Waals surface area contributed by atoms with Crippen molar-refractivity contribution < 1.29 is 73.8 Å². The fourth-order valence-corrected chi connectivity index (χ4v) is 13.9. The first-order valence-corrected chi connectivity index (χ1v) is 37.4. The van der Waals surface area contributed by atoms with Gasteiger partial charge in [0, 0.05) is 109 Å². The van der Waals surface area contributed by atoms with Crippen molar-refractivity contribution in [2.24, 2.45) is 11.7 Å². The van der Waals surface area contributed by atoms with Gasteiger partial charge in [-0.2, -0.15) is 13.0 Å². The van der Waals surface area contributed by atoms with Crippen molar-refractivity contribution >= 4 is 72.6 Å². The van der Waals surface area contributed by atoms with Crippen molar-refractivity contribution in [3.63, 3.8) is 0 Å². The molecule has 3 aliphatic rings. The number of hydrogen-bond donors (Lipinski definition) is 6. The molecule has 7 N–H and O–H groups in total. The van der Waals surface area contributed by atoms with Gasteiger partial charge in [-0.15, -0.1) is 5.10 Å². The number of aliphatic carboxylic acids is 1. The summed E-state index contributed by atoms with van der Waals surface area (Å²) in [6.45, 7) is 14.6. The number of carboxylic acids is 1. The van der Waals surface area contributed by atoms with Gasteiger partial charge in [0.15, 0.2) is 5.71 Å². The highest BCUT2D eigenvalue weighted by Crippen LogP contribution is 2.49. The van der Waals surface area contributed by atoms with E-state index in [2.05, 4.69) is 62.9 Å². The molecule has 0 saturated heterocycles. The van der Waals surface area contributed by atoms with Crippen molar-refractivity contribution in [2.75, 3.05) is 87.9 Å². The molecule has 3 aliphatic heterocycles. The Morgan fingerprint density at radius 1 is 0.690 bits per heavy atom. The van der Waals surface area contributed by atoms with Crippen LogP contribution in [0.3, 0.4) is 0 Å². The van der Waals surface area contributed by atoms with E-state index in [1.807, 2.05) is 111 Å². The van der Waals surface area contributed by atoms with Gasteiger partial charge in [0.25, 0.3) is 10.1 Å². The number of ether oxygens (including phenoxy) is 3. The number of rotatable bonds is 40. The van der Waals surface area contributed by atoms with E-state index in [1.54, 1.807) is 15.6 Å². The molecule has 1 aromatic heterocycles. The Hall–Kier alpha value is -8.28. The fourth-order valence-electron chi connectivity index (χ4n) is 12.9. The van der Waals surface area contributed by atoms with Crippen LogP contribution in [0.5, 0.6) is 0 Å². The number of nitrogens with one attached hydrogen (secondary N) is 3. The first kappa shape index (κ1) is 77.5. The molecule has 100 heavy (non-hydrogen) atoms. The van der Waals surface area contributed by atoms with Crippen LogP contribution in [0, 0.1) is 5.92 Å². The lowest BCUT2D eigenvalue weighted by atomic mass is 9.81. The lowest BCUT2D eigenvalue weighted by Crippen LogP contribution is -2.41. The first-order chi connectivity index (χ1) is 47.8. The van der Waals surface area contributed by atoms with Crippen LogP contribution in [0.4, 0.5) is 17.1 Å². The Kier molecular flexibility index (Phi) is 28.2. The van der Waals surface area contributed by atoms with Crippen LogP contribution in [-0.4, -0.2) is 170 Å². The molecule has 4 aromatic carbocycles. The third kappa shape index (κ3) is 21.2. The number of allylic oxidation sites excluding steroid dienone is 6. The molecule has 8 rings (SSSR count). The molecule has 0 saturated carbocycles. The second-order valence-corrected chi connectivity index (χ2v) is 29.2. The Bertz CT molecular complexity index is 4050. The molecule has 0 fully saturated rings.